The Morgan fingerprint density at radius 2 is 1.93 bits per heavy atom. The van der Waals surface area contributed by atoms with Gasteiger partial charge in [-0.15, -0.1) is 0 Å². The Kier molecular flexibility index (Phi) is 7.21. The third-order valence-corrected chi connectivity index (χ3v) is 5.69. The molecule has 0 amide bonds. The van der Waals surface area contributed by atoms with Gasteiger partial charge in [0, 0.05) is 45.7 Å². The maximum Gasteiger partial charge on any atom is 0.194 e. The highest BCUT2D eigenvalue weighted by Crippen LogP contribution is 2.18. The minimum Gasteiger partial charge on any atom is -0.469 e. The van der Waals surface area contributed by atoms with Gasteiger partial charge in [0.25, 0.3) is 0 Å². The monoisotopic (exact) mass is 396 g/mol. The summed E-state index contributed by atoms with van der Waals surface area (Å²) in [4.78, 5) is 9.91. The summed E-state index contributed by atoms with van der Waals surface area (Å²) in [6.07, 6.45) is 3.82. The smallest absolute Gasteiger partial charge is 0.194 e. The number of rotatable bonds is 7. The number of furan rings is 1. The van der Waals surface area contributed by atoms with E-state index in [9.17, 15) is 0 Å². The van der Waals surface area contributed by atoms with Crippen LogP contribution in [0, 0.1) is 5.92 Å². The molecule has 0 bridgehead atoms. The molecular weight excluding hydrogens is 364 g/mol. The van der Waals surface area contributed by atoms with Crippen LogP contribution in [0.1, 0.15) is 17.7 Å². The van der Waals surface area contributed by atoms with E-state index in [0.717, 1.165) is 70.6 Å². The lowest BCUT2D eigenvalue weighted by molar-refractivity contribution is 0.0315. The van der Waals surface area contributed by atoms with Crippen LogP contribution in [0.25, 0.3) is 0 Å². The minimum atomic E-state index is 0.696. The molecule has 6 heteroatoms. The first-order chi connectivity index (χ1) is 14.4. The predicted molar refractivity (Wildman–Crippen MR) is 115 cm³/mol. The zero-order chi connectivity index (χ0) is 19.7. The highest BCUT2D eigenvalue weighted by atomic mass is 16.5. The number of nitrogens with one attached hydrogen (secondary N) is 1. The first kappa shape index (κ1) is 20.0. The van der Waals surface area contributed by atoms with Gasteiger partial charge in [-0.25, -0.2) is 4.99 Å². The van der Waals surface area contributed by atoms with Crippen LogP contribution in [0.5, 0.6) is 0 Å². The molecule has 2 aliphatic heterocycles. The fourth-order valence-corrected chi connectivity index (χ4v) is 4.09. The van der Waals surface area contributed by atoms with Crippen molar-refractivity contribution in [3.8, 4) is 0 Å². The van der Waals surface area contributed by atoms with E-state index in [2.05, 4.69) is 39.4 Å². The third kappa shape index (κ3) is 6.08. The number of nitrogens with zero attached hydrogens (tertiary/aromatic N) is 3. The maximum atomic E-state index is 5.48. The van der Waals surface area contributed by atoms with Crippen LogP contribution >= 0.6 is 0 Å². The molecule has 1 atom stereocenters. The molecule has 1 unspecified atom stereocenters. The average Bonchev–Trinajstić information content (AvgIpc) is 3.44. The van der Waals surface area contributed by atoms with E-state index < -0.39 is 0 Å². The van der Waals surface area contributed by atoms with Crippen LogP contribution in [-0.2, 0) is 17.7 Å². The normalized spacial score (nSPS) is 20.9. The Bertz CT molecular complexity index is 742. The van der Waals surface area contributed by atoms with Crippen molar-refractivity contribution in [2.75, 3.05) is 52.5 Å². The Morgan fingerprint density at radius 1 is 1.07 bits per heavy atom. The molecule has 0 radical (unpaired) electrons. The van der Waals surface area contributed by atoms with Crippen molar-refractivity contribution in [3.63, 3.8) is 0 Å². The summed E-state index contributed by atoms with van der Waals surface area (Å²) in [7, 11) is 0. The Balaban J connectivity index is 1.34. The molecule has 156 valence electrons. The molecule has 0 saturated carbocycles. The second kappa shape index (κ2) is 10.5. The van der Waals surface area contributed by atoms with Crippen molar-refractivity contribution < 1.29 is 9.15 Å². The first-order valence-electron chi connectivity index (χ1n) is 10.8. The van der Waals surface area contributed by atoms with Gasteiger partial charge in [0.2, 0.25) is 0 Å². The summed E-state index contributed by atoms with van der Waals surface area (Å²) in [5.41, 5.74) is 1.24. The van der Waals surface area contributed by atoms with Gasteiger partial charge in [-0.05, 0) is 30.0 Å². The first-order valence-corrected chi connectivity index (χ1v) is 10.8. The summed E-state index contributed by atoms with van der Waals surface area (Å²) in [5, 5.41) is 3.58. The topological polar surface area (TPSA) is 53.2 Å². The molecule has 2 fully saturated rings. The zero-order valence-corrected chi connectivity index (χ0v) is 17.1. The van der Waals surface area contributed by atoms with Gasteiger partial charge in [-0.2, -0.15) is 0 Å². The van der Waals surface area contributed by atoms with Gasteiger partial charge in [0.05, 0.1) is 26.0 Å². The molecule has 2 aliphatic rings. The fourth-order valence-electron chi connectivity index (χ4n) is 4.09. The van der Waals surface area contributed by atoms with Gasteiger partial charge in [-0.3, -0.25) is 4.90 Å². The number of hydrogen-bond acceptors (Lipinski definition) is 4. The van der Waals surface area contributed by atoms with Crippen LogP contribution in [0.4, 0.5) is 0 Å². The van der Waals surface area contributed by atoms with Crippen molar-refractivity contribution in [2.45, 2.75) is 19.4 Å². The largest absolute Gasteiger partial charge is 0.469 e. The van der Waals surface area contributed by atoms with E-state index in [-0.39, 0.29) is 0 Å². The number of likely N-dealkylation sites (tertiary alicyclic amines) is 1. The molecule has 29 heavy (non-hydrogen) atoms. The van der Waals surface area contributed by atoms with Crippen molar-refractivity contribution in [2.24, 2.45) is 10.9 Å². The molecule has 2 aromatic rings. The summed E-state index contributed by atoms with van der Waals surface area (Å²) in [6.45, 7) is 8.69. The molecule has 6 nitrogen and oxygen atoms in total. The Hall–Kier alpha value is -2.31. The van der Waals surface area contributed by atoms with Gasteiger partial charge in [-0.1, -0.05) is 30.3 Å². The molecule has 1 aromatic carbocycles. The van der Waals surface area contributed by atoms with E-state index in [4.69, 9.17) is 14.1 Å². The molecule has 1 aromatic heterocycles. The molecule has 1 N–H and O–H groups in total. The Morgan fingerprint density at radius 3 is 2.72 bits per heavy atom. The number of aliphatic imine (C=N–C) groups is 1. The molecule has 3 heterocycles. The average molecular weight is 397 g/mol. The van der Waals surface area contributed by atoms with Crippen molar-refractivity contribution >= 4 is 5.96 Å². The quantitative estimate of drug-likeness (QED) is 0.576. The number of morpholine rings is 1. The van der Waals surface area contributed by atoms with Crippen molar-refractivity contribution in [1.82, 2.24) is 15.1 Å². The van der Waals surface area contributed by atoms with Gasteiger partial charge >= 0.3 is 0 Å². The van der Waals surface area contributed by atoms with Crippen LogP contribution < -0.4 is 5.32 Å². The highest BCUT2D eigenvalue weighted by Gasteiger charge is 2.27. The predicted octanol–water partition coefficient (Wildman–Crippen LogP) is 2.62. The number of ether oxygens (including phenoxy) is 1. The zero-order valence-electron chi connectivity index (χ0n) is 17.1. The van der Waals surface area contributed by atoms with E-state index in [1.54, 1.807) is 6.26 Å². The Labute approximate surface area is 173 Å². The summed E-state index contributed by atoms with van der Waals surface area (Å²) in [6, 6.07) is 14.4. The van der Waals surface area contributed by atoms with Crippen LogP contribution in [-0.4, -0.2) is 68.2 Å². The van der Waals surface area contributed by atoms with Crippen LogP contribution in [0.3, 0.4) is 0 Å². The number of guanidine groups is 1. The minimum absolute atomic E-state index is 0.696. The molecule has 0 spiro atoms. The molecule has 4 rings (SSSR count). The summed E-state index contributed by atoms with van der Waals surface area (Å²) >= 11 is 0. The molecular formula is C23H32N4O2. The standard InChI is InChI=1S/C23H32N4O2/c1-2-5-20(6-3-1)17-25-23(24-10-8-22-7-4-14-29-22)27-11-9-21(19-27)18-26-12-15-28-16-13-26/h1-7,14,21H,8-13,15-19H2,(H,24,25). The van der Waals surface area contributed by atoms with Gasteiger partial charge in [0.15, 0.2) is 5.96 Å². The van der Waals surface area contributed by atoms with Crippen molar-refractivity contribution in [3.05, 3.63) is 60.1 Å². The van der Waals surface area contributed by atoms with E-state index in [0.29, 0.717) is 12.5 Å². The fraction of sp³-hybridized carbons (Fsp3) is 0.522. The highest BCUT2D eigenvalue weighted by molar-refractivity contribution is 5.80. The van der Waals surface area contributed by atoms with Crippen LogP contribution in [0.2, 0.25) is 0 Å². The molecule has 2 saturated heterocycles. The number of hydrogen-bond donors (Lipinski definition) is 1. The molecule has 0 aliphatic carbocycles. The second-order valence-corrected chi connectivity index (χ2v) is 7.90. The lowest BCUT2D eigenvalue weighted by Crippen LogP contribution is -2.43. The van der Waals surface area contributed by atoms with Crippen molar-refractivity contribution in [1.29, 1.82) is 0 Å². The summed E-state index contributed by atoms with van der Waals surface area (Å²) < 4.78 is 10.9. The van der Waals surface area contributed by atoms with Gasteiger partial charge in [0.1, 0.15) is 5.76 Å². The number of benzene rings is 1. The van der Waals surface area contributed by atoms with E-state index >= 15 is 0 Å². The van der Waals surface area contributed by atoms with E-state index in [1.807, 2.05) is 18.2 Å². The lowest BCUT2D eigenvalue weighted by Gasteiger charge is -2.29. The summed E-state index contributed by atoms with van der Waals surface area (Å²) in [5.74, 6) is 2.72. The lowest BCUT2D eigenvalue weighted by atomic mass is 10.1. The van der Waals surface area contributed by atoms with E-state index in [1.165, 1.54) is 12.0 Å². The maximum absolute atomic E-state index is 5.48. The van der Waals surface area contributed by atoms with Crippen LogP contribution in [0.15, 0.2) is 58.1 Å². The van der Waals surface area contributed by atoms with Gasteiger partial charge < -0.3 is 19.4 Å². The third-order valence-electron chi connectivity index (χ3n) is 5.69. The second-order valence-electron chi connectivity index (χ2n) is 7.90. The SMILES string of the molecule is c1ccc(CN=C(NCCc2ccco2)N2CCC(CN3CCOCC3)C2)cc1.